The van der Waals surface area contributed by atoms with Crippen LogP contribution in [0.2, 0.25) is 0 Å². The molecule has 3 rings (SSSR count). The molecule has 0 unspecified atom stereocenters. The Balaban J connectivity index is 1.61. The lowest BCUT2D eigenvalue weighted by Crippen LogP contribution is -2.36. The van der Waals surface area contributed by atoms with E-state index in [1.807, 2.05) is 0 Å². The van der Waals surface area contributed by atoms with Gasteiger partial charge < -0.3 is 14.0 Å². The minimum Gasteiger partial charge on any atom is -0.497 e. The van der Waals surface area contributed by atoms with Gasteiger partial charge >= 0.3 is 0 Å². The van der Waals surface area contributed by atoms with E-state index in [0.717, 1.165) is 56.1 Å². The van der Waals surface area contributed by atoms with Gasteiger partial charge in [0.1, 0.15) is 11.6 Å². The summed E-state index contributed by atoms with van der Waals surface area (Å²) >= 11 is 1.43. The van der Waals surface area contributed by atoms with Crippen molar-refractivity contribution in [2.45, 2.75) is 25.2 Å². The van der Waals surface area contributed by atoms with Crippen LogP contribution >= 0.6 is 11.8 Å². The molecule has 2 heterocycles. The van der Waals surface area contributed by atoms with Crippen molar-refractivity contribution < 1.29 is 14.3 Å². The summed E-state index contributed by atoms with van der Waals surface area (Å²) in [6.45, 7) is 6.96. The van der Waals surface area contributed by atoms with Crippen molar-refractivity contribution in [3.63, 3.8) is 0 Å². The van der Waals surface area contributed by atoms with Gasteiger partial charge in [-0.25, -0.2) is 0 Å². The monoisotopic (exact) mass is 376 g/mol. The van der Waals surface area contributed by atoms with Crippen molar-refractivity contribution in [2.24, 2.45) is 0 Å². The van der Waals surface area contributed by atoms with Crippen LogP contribution in [0.15, 0.2) is 29.4 Å². The highest BCUT2D eigenvalue weighted by Crippen LogP contribution is 2.20. The van der Waals surface area contributed by atoms with Gasteiger partial charge in [0, 0.05) is 25.2 Å². The van der Waals surface area contributed by atoms with Gasteiger partial charge in [0.25, 0.3) is 0 Å². The van der Waals surface area contributed by atoms with Crippen LogP contribution in [0.5, 0.6) is 5.75 Å². The molecule has 1 aliphatic heterocycles. The third-order valence-electron chi connectivity index (χ3n) is 4.32. The van der Waals surface area contributed by atoms with Crippen molar-refractivity contribution >= 4 is 17.5 Å². The average Bonchev–Trinajstić information content (AvgIpc) is 3.08. The summed E-state index contributed by atoms with van der Waals surface area (Å²) in [5, 5.41) is 9.42. The molecular formula is C18H24N4O3S. The van der Waals surface area contributed by atoms with Crippen LogP contribution in [-0.2, 0) is 17.8 Å². The highest BCUT2D eigenvalue weighted by atomic mass is 32.2. The average molecular weight is 376 g/mol. The molecule has 0 bridgehead atoms. The summed E-state index contributed by atoms with van der Waals surface area (Å²) in [6.07, 6.45) is 0. The normalized spacial score (nSPS) is 15.2. The van der Waals surface area contributed by atoms with Crippen LogP contribution in [0.4, 0.5) is 0 Å². The highest BCUT2D eigenvalue weighted by molar-refractivity contribution is 7.99. The first-order valence-electron chi connectivity index (χ1n) is 8.73. The molecule has 0 amide bonds. The second kappa shape index (κ2) is 9.16. The third kappa shape index (κ3) is 4.63. The molecule has 140 valence electrons. The van der Waals surface area contributed by atoms with Crippen molar-refractivity contribution in [1.82, 2.24) is 19.7 Å². The Hall–Kier alpha value is -1.90. The Kier molecular flexibility index (Phi) is 6.65. The fraction of sp³-hybridized carbons (Fsp3) is 0.500. The number of rotatable bonds is 8. The number of ketones is 1. The van der Waals surface area contributed by atoms with E-state index in [9.17, 15) is 4.79 Å². The molecule has 0 saturated carbocycles. The van der Waals surface area contributed by atoms with E-state index in [2.05, 4.69) is 26.6 Å². The number of hydrogen-bond donors (Lipinski definition) is 0. The lowest BCUT2D eigenvalue weighted by atomic mass is 10.1. The molecule has 1 saturated heterocycles. The van der Waals surface area contributed by atoms with Gasteiger partial charge in [0.2, 0.25) is 0 Å². The van der Waals surface area contributed by atoms with E-state index in [-0.39, 0.29) is 5.78 Å². The number of ether oxygens (including phenoxy) is 2. The molecule has 26 heavy (non-hydrogen) atoms. The summed E-state index contributed by atoms with van der Waals surface area (Å²) in [7, 11) is 1.61. The highest BCUT2D eigenvalue weighted by Gasteiger charge is 2.18. The van der Waals surface area contributed by atoms with E-state index in [0.29, 0.717) is 11.3 Å². The second-order valence-corrected chi connectivity index (χ2v) is 6.91. The van der Waals surface area contributed by atoms with Gasteiger partial charge in [0.05, 0.1) is 32.6 Å². The number of carbonyl (C=O) groups excluding carboxylic acids is 1. The van der Waals surface area contributed by atoms with E-state index in [4.69, 9.17) is 9.47 Å². The van der Waals surface area contributed by atoms with Gasteiger partial charge in [-0.15, -0.1) is 10.2 Å². The predicted molar refractivity (Wildman–Crippen MR) is 99.8 cm³/mol. The van der Waals surface area contributed by atoms with Crippen LogP contribution in [0.3, 0.4) is 0 Å². The summed E-state index contributed by atoms with van der Waals surface area (Å²) in [4.78, 5) is 14.7. The van der Waals surface area contributed by atoms with Gasteiger partial charge in [-0.3, -0.25) is 9.69 Å². The molecule has 1 fully saturated rings. The molecule has 1 aromatic heterocycles. The number of nitrogens with zero attached hydrogens (tertiary/aromatic N) is 4. The standard InChI is InChI=1S/C18H24N4O3S/c1-3-22-17(12-21-8-10-25-11-9-21)19-20-18(22)26-13-16(23)14-4-6-15(24-2)7-5-14/h4-7H,3,8-13H2,1-2H3. The van der Waals surface area contributed by atoms with Crippen LogP contribution in [0.1, 0.15) is 23.1 Å². The zero-order valence-electron chi connectivity index (χ0n) is 15.2. The van der Waals surface area contributed by atoms with Crippen LogP contribution in [0, 0.1) is 0 Å². The predicted octanol–water partition coefficient (Wildman–Crippen LogP) is 2.11. The largest absolute Gasteiger partial charge is 0.497 e. The molecule has 1 aromatic carbocycles. The number of thioether (sulfide) groups is 1. The number of methoxy groups -OCH3 is 1. The Morgan fingerprint density at radius 2 is 1.96 bits per heavy atom. The minimum absolute atomic E-state index is 0.0676. The van der Waals surface area contributed by atoms with E-state index < -0.39 is 0 Å². The maximum Gasteiger partial charge on any atom is 0.191 e. The Morgan fingerprint density at radius 1 is 1.23 bits per heavy atom. The zero-order valence-corrected chi connectivity index (χ0v) is 16.0. The van der Waals surface area contributed by atoms with Gasteiger partial charge in [-0.1, -0.05) is 11.8 Å². The summed E-state index contributed by atoms with van der Waals surface area (Å²) in [6, 6.07) is 7.17. The number of benzene rings is 1. The van der Waals surface area contributed by atoms with Crippen LogP contribution in [0.25, 0.3) is 0 Å². The topological polar surface area (TPSA) is 69.5 Å². The Morgan fingerprint density at radius 3 is 2.62 bits per heavy atom. The first-order chi connectivity index (χ1) is 12.7. The molecule has 8 heteroatoms. The van der Waals surface area contributed by atoms with E-state index in [1.54, 1.807) is 31.4 Å². The second-order valence-electron chi connectivity index (χ2n) is 5.97. The number of Topliss-reactive ketones (excluding diaryl/α,β-unsaturated/α-hetero) is 1. The molecule has 0 radical (unpaired) electrons. The van der Waals surface area contributed by atoms with Crippen molar-refractivity contribution in [3.8, 4) is 5.75 Å². The summed E-state index contributed by atoms with van der Waals surface area (Å²) in [5.41, 5.74) is 0.675. The molecule has 0 atom stereocenters. The van der Waals surface area contributed by atoms with E-state index in [1.165, 1.54) is 11.8 Å². The number of carbonyl (C=O) groups is 1. The zero-order chi connectivity index (χ0) is 18.4. The summed E-state index contributed by atoms with van der Waals surface area (Å²) in [5.74, 6) is 2.08. The van der Waals surface area contributed by atoms with Gasteiger partial charge in [-0.05, 0) is 31.2 Å². The molecule has 2 aromatic rings. The maximum atomic E-state index is 12.4. The smallest absolute Gasteiger partial charge is 0.191 e. The van der Waals surface area contributed by atoms with Gasteiger partial charge in [-0.2, -0.15) is 0 Å². The van der Waals surface area contributed by atoms with Crippen molar-refractivity contribution in [3.05, 3.63) is 35.7 Å². The van der Waals surface area contributed by atoms with Crippen LogP contribution in [-0.4, -0.2) is 64.6 Å². The number of morpholine rings is 1. The Bertz CT molecular complexity index is 727. The quantitative estimate of drug-likeness (QED) is 0.516. The lowest BCUT2D eigenvalue weighted by Gasteiger charge is -2.26. The number of hydrogen-bond acceptors (Lipinski definition) is 7. The first kappa shape index (κ1) is 18.9. The van der Waals surface area contributed by atoms with Crippen LogP contribution < -0.4 is 4.74 Å². The molecule has 0 spiro atoms. The molecule has 0 aliphatic carbocycles. The van der Waals surface area contributed by atoms with Crippen molar-refractivity contribution in [1.29, 1.82) is 0 Å². The van der Waals surface area contributed by atoms with Gasteiger partial charge in [0.15, 0.2) is 10.9 Å². The summed E-state index contributed by atoms with van der Waals surface area (Å²) < 4.78 is 12.6. The Labute approximate surface area is 157 Å². The molecular weight excluding hydrogens is 352 g/mol. The first-order valence-corrected chi connectivity index (χ1v) is 9.72. The third-order valence-corrected chi connectivity index (χ3v) is 5.29. The maximum absolute atomic E-state index is 12.4. The van der Waals surface area contributed by atoms with E-state index >= 15 is 0 Å². The fourth-order valence-corrected chi connectivity index (χ4v) is 3.73. The lowest BCUT2D eigenvalue weighted by molar-refractivity contribution is 0.0325. The number of aromatic nitrogens is 3. The fourth-order valence-electron chi connectivity index (χ4n) is 2.81. The minimum atomic E-state index is 0.0676. The molecule has 7 nitrogen and oxygen atoms in total. The SMILES string of the molecule is CCn1c(CN2CCOCC2)nnc1SCC(=O)c1ccc(OC)cc1. The molecule has 1 aliphatic rings. The molecule has 0 N–H and O–H groups in total. The van der Waals surface area contributed by atoms with Crippen molar-refractivity contribution in [2.75, 3.05) is 39.2 Å².